The van der Waals surface area contributed by atoms with Gasteiger partial charge in [-0.05, 0) is 31.2 Å². The van der Waals surface area contributed by atoms with E-state index in [2.05, 4.69) is 4.98 Å². The van der Waals surface area contributed by atoms with Crippen molar-refractivity contribution in [2.24, 2.45) is 5.73 Å². The lowest BCUT2D eigenvalue weighted by molar-refractivity contribution is 0.0560. The molecule has 22 heavy (non-hydrogen) atoms. The summed E-state index contributed by atoms with van der Waals surface area (Å²) in [5.74, 6) is -0.275. The number of ether oxygens (including phenoxy) is 3. The number of primary amides is 1. The molecule has 2 aromatic rings. The molecule has 0 unspecified atom stereocenters. The van der Waals surface area contributed by atoms with Gasteiger partial charge in [0.2, 0.25) is 0 Å². The van der Waals surface area contributed by atoms with Crippen LogP contribution in [0.1, 0.15) is 17.4 Å². The summed E-state index contributed by atoms with van der Waals surface area (Å²) >= 11 is 0. The predicted molar refractivity (Wildman–Crippen MR) is 78.7 cm³/mol. The number of fused-ring (bicyclic) bond motifs is 1. The van der Waals surface area contributed by atoms with Crippen LogP contribution in [0.15, 0.2) is 30.3 Å². The van der Waals surface area contributed by atoms with Gasteiger partial charge in [0.1, 0.15) is 18.1 Å². The van der Waals surface area contributed by atoms with E-state index in [0.29, 0.717) is 29.9 Å². The summed E-state index contributed by atoms with van der Waals surface area (Å²) in [6.07, 6.45) is -0.805. The molecule has 1 amide bonds. The third kappa shape index (κ3) is 4.16. The fraction of sp³-hybridized carbons (Fsp3) is 0.267. The molecule has 0 aliphatic rings. The summed E-state index contributed by atoms with van der Waals surface area (Å²) in [7, 11) is 0. The maximum atomic E-state index is 11.5. The van der Waals surface area contributed by atoms with Crippen LogP contribution in [0.3, 0.4) is 0 Å². The van der Waals surface area contributed by atoms with E-state index in [9.17, 15) is 9.59 Å². The van der Waals surface area contributed by atoms with Crippen LogP contribution in [0, 0.1) is 0 Å². The minimum Gasteiger partial charge on any atom is -0.432 e. The molecule has 116 valence electrons. The van der Waals surface area contributed by atoms with E-state index in [0.717, 1.165) is 0 Å². The van der Waals surface area contributed by atoms with E-state index in [1.165, 1.54) is 6.07 Å². The molecule has 1 aromatic carbocycles. The number of benzene rings is 1. The predicted octanol–water partition coefficient (Wildman–Crippen LogP) is 1.89. The summed E-state index contributed by atoms with van der Waals surface area (Å²) in [5, 5.41) is 0.713. The minimum atomic E-state index is -0.805. The molecule has 0 aliphatic heterocycles. The number of rotatable bonds is 6. The molecule has 0 spiro atoms. The molecule has 2 N–H and O–H groups in total. The minimum absolute atomic E-state index is 0.129. The van der Waals surface area contributed by atoms with Gasteiger partial charge >= 0.3 is 6.16 Å². The SMILES string of the molecule is CCOCCOC(=O)Oc1ccc2nc(C(N)=O)ccc2c1. The lowest BCUT2D eigenvalue weighted by atomic mass is 10.2. The average Bonchev–Trinajstić information content (AvgIpc) is 2.51. The highest BCUT2D eigenvalue weighted by atomic mass is 16.7. The molecule has 2 rings (SSSR count). The second-order valence-electron chi connectivity index (χ2n) is 4.31. The molecule has 7 nitrogen and oxygen atoms in total. The van der Waals surface area contributed by atoms with Gasteiger partial charge in [-0.2, -0.15) is 0 Å². The van der Waals surface area contributed by atoms with E-state index in [1.54, 1.807) is 24.3 Å². The molecule has 0 bridgehead atoms. The molecule has 0 saturated heterocycles. The Balaban J connectivity index is 2.02. The van der Waals surface area contributed by atoms with Gasteiger partial charge in [0.05, 0.1) is 12.1 Å². The fourth-order valence-electron chi connectivity index (χ4n) is 1.76. The Labute approximate surface area is 127 Å². The third-order valence-electron chi connectivity index (χ3n) is 2.77. The van der Waals surface area contributed by atoms with Crippen molar-refractivity contribution in [2.45, 2.75) is 6.92 Å². The number of amides is 1. The molecule has 1 heterocycles. The molecular weight excluding hydrogens is 288 g/mol. The van der Waals surface area contributed by atoms with E-state index >= 15 is 0 Å². The summed E-state index contributed by atoms with van der Waals surface area (Å²) in [6.45, 7) is 2.86. The monoisotopic (exact) mass is 304 g/mol. The first-order valence-corrected chi connectivity index (χ1v) is 6.73. The number of hydrogen-bond acceptors (Lipinski definition) is 6. The zero-order valence-electron chi connectivity index (χ0n) is 12.1. The number of nitrogens with zero attached hydrogens (tertiary/aromatic N) is 1. The Morgan fingerprint density at radius 2 is 2.00 bits per heavy atom. The molecule has 7 heteroatoms. The van der Waals surface area contributed by atoms with Crippen LogP contribution in [0.4, 0.5) is 4.79 Å². The van der Waals surface area contributed by atoms with Gasteiger partial charge in [0, 0.05) is 12.0 Å². The summed E-state index contributed by atoms with van der Waals surface area (Å²) in [6, 6.07) is 8.00. The maximum absolute atomic E-state index is 11.5. The van der Waals surface area contributed by atoms with E-state index in [4.69, 9.17) is 19.9 Å². The van der Waals surface area contributed by atoms with Gasteiger partial charge < -0.3 is 19.9 Å². The summed E-state index contributed by atoms with van der Waals surface area (Å²) in [5.41, 5.74) is 5.93. The number of carbonyl (C=O) groups is 2. The van der Waals surface area contributed by atoms with Crippen molar-refractivity contribution in [3.8, 4) is 5.75 Å². The zero-order valence-corrected chi connectivity index (χ0v) is 12.1. The molecule has 1 aromatic heterocycles. The van der Waals surface area contributed by atoms with Gasteiger partial charge in [0.15, 0.2) is 0 Å². The molecule has 0 radical (unpaired) electrons. The number of aromatic nitrogens is 1. The normalized spacial score (nSPS) is 10.4. The number of nitrogens with two attached hydrogens (primary N) is 1. The van der Waals surface area contributed by atoms with Crippen molar-refractivity contribution in [3.05, 3.63) is 36.0 Å². The largest absolute Gasteiger partial charge is 0.513 e. The Morgan fingerprint density at radius 3 is 2.73 bits per heavy atom. The van der Waals surface area contributed by atoms with Crippen LogP contribution in [-0.2, 0) is 9.47 Å². The van der Waals surface area contributed by atoms with Gasteiger partial charge in [-0.25, -0.2) is 9.78 Å². The Bertz CT molecular complexity index is 687. The van der Waals surface area contributed by atoms with Crippen LogP contribution >= 0.6 is 0 Å². The highest BCUT2D eigenvalue weighted by Gasteiger charge is 2.08. The molecule has 0 aliphatic carbocycles. The Hall–Kier alpha value is -2.67. The Kier molecular flexibility index (Phi) is 5.26. The van der Waals surface area contributed by atoms with Gasteiger partial charge in [-0.15, -0.1) is 0 Å². The van der Waals surface area contributed by atoms with Gasteiger partial charge in [0.25, 0.3) is 5.91 Å². The number of pyridine rings is 1. The molecule has 0 saturated carbocycles. The fourth-order valence-corrected chi connectivity index (χ4v) is 1.76. The maximum Gasteiger partial charge on any atom is 0.513 e. The topological polar surface area (TPSA) is 101 Å². The zero-order chi connectivity index (χ0) is 15.9. The van der Waals surface area contributed by atoms with Crippen LogP contribution in [0.2, 0.25) is 0 Å². The summed E-state index contributed by atoms with van der Waals surface area (Å²) in [4.78, 5) is 26.6. The third-order valence-corrected chi connectivity index (χ3v) is 2.77. The molecular formula is C15H16N2O5. The lowest BCUT2D eigenvalue weighted by Gasteiger charge is -2.07. The van der Waals surface area contributed by atoms with Crippen molar-refractivity contribution >= 4 is 23.0 Å². The second-order valence-corrected chi connectivity index (χ2v) is 4.31. The van der Waals surface area contributed by atoms with Crippen LogP contribution in [0.5, 0.6) is 5.75 Å². The van der Waals surface area contributed by atoms with E-state index in [-0.39, 0.29) is 12.3 Å². The van der Waals surface area contributed by atoms with Crippen LogP contribution in [-0.4, -0.2) is 36.9 Å². The number of hydrogen-bond donors (Lipinski definition) is 1. The smallest absolute Gasteiger partial charge is 0.432 e. The van der Waals surface area contributed by atoms with Gasteiger partial charge in [-0.3, -0.25) is 4.79 Å². The first-order valence-electron chi connectivity index (χ1n) is 6.73. The van der Waals surface area contributed by atoms with Crippen molar-refractivity contribution in [3.63, 3.8) is 0 Å². The van der Waals surface area contributed by atoms with Crippen molar-refractivity contribution in [2.75, 3.05) is 19.8 Å². The lowest BCUT2D eigenvalue weighted by Crippen LogP contribution is -2.14. The van der Waals surface area contributed by atoms with E-state index in [1.807, 2.05) is 6.92 Å². The highest BCUT2D eigenvalue weighted by molar-refractivity contribution is 5.93. The standard InChI is InChI=1S/C15H16N2O5/c1-2-20-7-8-21-15(19)22-11-4-6-12-10(9-11)3-5-13(17-12)14(16)18/h3-6,9H,2,7-8H2,1H3,(H2,16,18). The quantitative estimate of drug-likeness (QED) is 0.497. The molecule has 0 atom stereocenters. The first kappa shape index (κ1) is 15.7. The van der Waals surface area contributed by atoms with Crippen LogP contribution < -0.4 is 10.5 Å². The Morgan fingerprint density at radius 1 is 1.18 bits per heavy atom. The van der Waals surface area contributed by atoms with Gasteiger partial charge in [-0.1, -0.05) is 6.07 Å². The van der Waals surface area contributed by atoms with Crippen LogP contribution in [0.25, 0.3) is 10.9 Å². The number of carbonyl (C=O) groups excluding carboxylic acids is 2. The highest BCUT2D eigenvalue weighted by Crippen LogP contribution is 2.20. The van der Waals surface area contributed by atoms with Crippen molar-refractivity contribution in [1.82, 2.24) is 4.98 Å². The summed E-state index contributed by atoms with van der Waals surface area (Å²) < 4.78 is 14.9. The average molecular weight is 304 g/mol. The molecule has 0 fully saturated rings. The second kappa shape index (κ2) is 7.37. The van der Waals surface area contributed by atoms with Crippen molar-refractivity contribution in [1.29, 1.82) is 0 Å². The van der Waals surface area contributed by atoms with Crippen molar-refractivity contribution < 1.29 is 23.8 Å². The first-order chi connectivity index (χ1) is 10.6. The van der Waals surface area contributed by atoms with E-state index < -0.39 is 12.1 Å².